The molecule has 1 aromatic carbocycles. The van der Waals surface area contributed by atoms with Gasteiger partial charge in [-0.2, -0.15) is 0 Å². The van der Waals surface area contributed by atoms with Gasteiger partial charge in [0.25, 0.3) is 5.69 Å². The Labute approximate surface area is 114 Å². The van der Waals surface area contributed by atoms with E-state index in [0.29, 0.717) is 6.54 Å². The van der Waals surface area contributed by atoms with E-state index in [2.05, 4.69) is 16.7 Å². The monoisotopic (exact) mass is 263 g/mol. The average Bonchev–Trinajstić information content (AvgIpc) is 2.64. The number of likely N-dealkylation sites (N-methyl/N-ethyl adjacent to an activating group) is 1. The first kappa shape index (κ1) is 14.0. The van der Waals surface area contributed by atoms with Gasteiger partial charge >= 0.3 is 0 Å². The minimum absolute atomic E-state index is 0.235. The number of nitro benzene ring substituents is 1. The van der Waals surface area contributed by atoms with Gasteiger partial charge in [0, 0.05) is 31.3 Å². The summed E-state index contributed by atoms with van der Waals surface area (Å²) in [6.07, 6.45) is 1.13. The Balaban J connectivity index is 2.03. The molecule has 1 saturated heterocycles. The molecule has 0 aromatic heterocycles. The van der Waals surface area contributed by atoms with Crippen molar-refractivity contribution in [1.29, 1.82) is 0 Å². The van der Waals surface area contributed by atoms with Gasteiger partial charge in [-0.05, 0) is 26.1 Å². The van der Waals surface area contributed by atoms with Crippen molar-refractivity contribution in [2.45, 2.75) is 19.9 Å². The third kappa shape index (κ3) is 3.75. The topological polar surface area (TPSA) is 49.6 Å². The molecule has 0 bridgehead atoms. The second kappa shape index (κ2) is 6.63. The number of hydrogen-bond donors (Lipinski definition) is 0. The summed E-state index contributed by atoms with van der Waals surface area (Å²) >= 11 is 0. The van der Waals surface area contributed by atoms with Gasteiger partial charge in [0.05, 0.1) is 4.92 Å². The van der Waals surface area contributed by atoms with E-state index in [0.717, 1.165) is 44.7 Å². The maximum absolute atomic E-state index is 11.0. The van der Waals surface area contributed by atoms with Gasteiger partial charge in [-0.1, -0.05) is 25.1 Å². The van der Waals surface area contributed by atoms with Crippen molar-refractivity contribution in [1.82, 2.24) is 9.80 Å². The van der Waals surface area contributed by atoms with E-state index in [-0.39, 0.29) is 10.6 Å². The van der Waals surface area contributed by atoms with Crippen LogP contribution in [0.1, 0.15) is 18.9 Å². The fourth-order valence-electron chi connectivity index (χ4n) is 2.56. The lowest BCUT2D eigenvalue weighted by atomic mass is 10.1. The van der Waals surface area contributed by atoms with Crippen molar-refractivity contribution in [3.63, 3.8) is 0 Å². The highest BCUT2D eigenvalue weighted by molar-refractivity contribution is 5.39. The van der Waals surface area contributed by atoms with E-state index >= 15 is 0 Å². The van der Waals surface area contributed by atoms with E-state index in [1.807, 2.05) is 12.1 Å². The van der Waals surface area contributed by atoms with Crippen LogP contribution in [0.5, 0.6) is 0 Å². The summed E-state index contributed by atoms with van der Waals surface area (Å²) in [4.78, 5) is 15.5. The predicted molar refractivity (Wildman–Crippen MR) is 75.1 cm³/mol. The molecule has 104 valence electrons. The molecule has 0 radical (unpaired) electrons. The molecule has 1 aliphatic heterocycles. The lowest BCUT2D eigenvalue weighted by Crippen LogP contribution is -2.30. The summed E-state index contributed by atoms with van der Waals surface area (Å²) in [5.41, 5.74) is 1.05. The smallest absolute Gasteiger partial charge is 0.273 e. The first-order valence-electron chi connectivity index (χ1n) is 6.87. The van der Waals surface area contributed by atoms with Crippen LogP contribution in [0, 0.1) is 10.1 Å². The molecule has 1 heterocycles. The second-order valence-corrected chi connectivity index (χ2v) is 4.95. The summed E-state index contributed by atoms with van der Waals surface area (Å²) in [6, 6.07) is 7.05. The fourth-order valence-corrected chi connectivity index (χ4v) is 2.56. The quantitative estimate of drug-likeness (QED) is 0.617. The van der Waals surface area contributed by atoms with E-state index in [1.54, 1.807) is 12.1 Å². The molecule has 1 aromatic rings. The highest BCUT2D eigenvalue weighted by Crippen LogP contribution is 2.20. The van der Waals surface area contributed by atoms with E-state index in [1.165, 1.54) is 0 Å². The number of hydrogen-bond acceptors (Lipinski definition) is 4. The number of rotatable bonds is 4. The highest BCUT2D eigenvalue weighted by Gasteiger charge is 2.18. The number of nitro groups is 1. The van der Waals surface area contributed by atoms with Gasteiger partial charge in [-0.25, -0.2) is 0 Å². The molecule has 2 rings (SSSR count). The SMILES string of the molecule is CCN1CCCN(Cc2ccccc2[N+](=O)[O-])CC1. The van der Waals surface area contributed by atoms with Gasteiger partial charge < -0.3 is 4.90 Å². The first-order valence-corrected chi connectivity index (χ1v) is 6.87. The van der Waals surface area contributed by atoms with Gasteiger partial charge in [-0.15, -0.1) is 0 Å². The van der Waals surface area contributed by atoms with Crippen LogP contribution in [-0.2, 0) is 6.54 Å². The molecular weight excluding hydrogens is 242 g/mol. The van der Waals surface area contributed by atoms with Crippen LogP contribution >= 0.6 is 0 Å². The first-order chi connectivity index (χ1) is 9.20. The van der Waals surface area contributed by atoms with Crippen LogP contribution in [0.4, 0.5) is 5.69 Å². The zero-order chi connectivity index (χ0) is 13.7. The minimum atomic E-state index is -0.286. The van der Waals surface area contributed by atoms with Crippen molar-refractivity contribution in [2.75, 3.05) is 32.7 Å². The van der Waals surface area contributed by atoms with Gasteiger partial charge in [-0.3, -0.25) is 15.0 Å². The average molecular weight is 263 g/mol. The summed E-state index contributed by atoms with van der Waals surface area (Å²) in [5, 5.41) is 11.0. The van der Waals surface area contributed by atoms with Gasteiger partial charge in [0.2, 0.25) is 0 Å². The maximum atomic E-state index is 11.0. The summed E-state index contributed by atoms with van der Waals surface area (Å²) in [6.45, 7) is 8.12. The van der Waals surface area contributed by atoms with Gasteiger partial charge in [0.15, 0.2) is 0 Å². The van der Waals surface area contributed by atoms with Crippen molar-refractivity contribution in [3.05, 3.63) is 39.9 Å². The Morgan fingerprint density at radius 3 is 2.58 bits per heavy atom. The van der Waals surface area contributed by atoms with Crippen molar-refractivity contribution in [3.8, 4) is 0 Å². The fraction of sp³-hybridized carbons (Fsp3) is 0.571. The van der Waals surface area contributed by atoms with Crippen molar-refractivity contribution in [2.24, 2.45) is 0 Å². The van der Waals surface area contributed by atoms with E-state index in [9.17, 15) is 10.1 Å². The van der Waals surface area contributed by atoms with E-state index < -0.39 is 0 Å². The molecule has 0 atom stereocenters. The molecule has 1 aliphatic rings. The number of para-hydroxylation sites is 1. The van der Waals surface area contributed by atoms with Crippen LogP contribution in [0.3, 0.4) is 0 Å². The molecule has 0 saturated carbocycles. The second-order valence-electron chi connectivity index (χ2n) is 4.95. The Bertz CT molecular complexity index is 436. The minimum Gasteiger partial charge on any atom is -0.302 e. The lowest BCUT2D eigenvalue weighted by molar-refractivity contribution is -0.385. The zero-order valence-electron chi connectivity index (χ0n) is 11.4. The Kier molecular flexibility index (Phi) is 4.87. The van der Waals surface area contributed by atoms with Crippen LogP contribution in [0.25, 0.3) is 0 Å². The highest BCUT2D eigenvalue weighted by atomic mass is 16.6. The van der Waals surface area contributed by atoms with Gasteiger partial charge in [0.1, 0.15) is 0 Å². The molecule has 1 fully saturated rings. The third-order valence-electron chi connectivity index (χ3n) is 3.71. The molecule has 0 amide bonds. The molecule has 0 unspecified atom stereocenters. The summed E-state index contributed by atoms with van der Waals surface area (Å²) in [5.74, 6) is 0. The maximum Gasteiger partial charge on any atom is 0.273 e. The van der Waals surface area contributed by atoms with Crippen molar-refractivity contribution < 1.29 is 4.92 Å². The van der Waals surface area contributed by atoms with Crippen LogP contribution in [0.2, 0.25) is 0 Å². The molecular formula is C14H21N3O2. The Morgan fingerprint density at radius 2 is 1.84 bits per heavy atom. The molecule has 0 N–H and O–H groups in total. The largest absolute Gasteiger partial charge is 0.302 e. The summed E-state index contributed by atoms with van der Waals surface area (Å²) in [7, 11) is 0. The number of benzene rings is 1. The zero-order valence-corrected chi connectivity index (χ0v) is 11.4. The van der Waals surface area contributed by atoms with Crippen LogP contribution < -0.4 is 0 Å². The molecule has 19 heavy (non-hydrogen) atoms. The predicted octanol–water partition coefficient (Wildman–Crippen LogP) is 2.12. The Morgan fingerprint density at radius 1 is 1.16 bits per heavy atom. The molecule has 0 spiro atoms. The van der Waals surface area contributed by atoms with E-state index in [4.69, 9.17) is 0 Å². The molecule has 5 heteroatoms. The standard InChI is InChI=1S/C14H21N3O2/c1-2-15-8-5-9-16(11-10-15)12-13-6-3-4-7-14(13)17(18)19/h3-4,6-7H,2,5,8-12H2,1H3. The summed E-state index contributed by atoms with van der Waals surface area (Å²) < 4.78 is 0. The Hall–Kier alpha value is -1.46. The van der Waals surface area contributed by atoms with Crippen molar-refractivity contribution >= 4 is 5.69 Å². The molecule has 5 nitrogen and oxygen atoms in total. The number of nitrogens with zero attached hydrogens (tertiary/aromatic N) is 3. The third-order valence-corrected chi connectivity index (χ3v) is 3.71. The normalized spacial score (nSPS) is 18.2. The molecule has 0 aliphatic carbocycles. The lowest BCUT2D eigenvalue weighted by Gasteiger charge is -2.20. The van der Waals surface area contributed by atoms with Crippen LogP contribution in [0.15, 0.2) is 24.3 Å². The van der Waals surface area contributed by atoms with Crippen LogP contribution in [-0.4, -0.2) is 47.4 Å².